The first-order valence-corrected chi connectivity index (χ1v) is 10.6. The van der Waals surface area contributed by atoms with Crippen molar-refractivity contribution in [2.75, 3.05) is 5.75 Å². The number of carbonyl (C=O) groups excluding carboxylic acids is 1. The number of rotatable bonds is 7. The number of hydrogen-bond donors (Lipinski definition) is 0. The molecule has 0 N–H and O–H groups in total. The van der Waals surface area contributed by atoms with Gasteiger partial charge in [0.1, 0.15) is 6.61 Å². The minimum Gasteiger partial charge on any atom is -0.461 e. The van der Waals surface area contributed by atoms with Crippen molar-refractivity contribution in [3.05, 3.63) is 82.5 Å². The third kappa shape index (κ3) is 4.70. The first-order chi connectivity index (χ1) is 14.6. The van der Waals surface area contributed by atoms with Crippen molar-refractivity contribution in [3.63, 3.8) is 0 Å². The van der Waals surface area contributed by atoms with E-state index in [0.717, 1.165) is 5.56 Å². The summed E-state index contributed by atoms with van der Waals surface area (Å²) in [6.07, 6.45) is 1.55. The molecule has 0 atom stereocenters. The van der Waals surface area contributed by atoms with Crippen molar-refractivity contribution >= 4 is 40.9 Å². The smallest absolute Gasteiger partial charge is 0.316 e. The zero-order chi connectivity index (χ0) is 20.9. The van der Waals surface area contributed by atoms with Gasteiger partial charge in [0.25, 0.3) is 0 Å². The summed E-state index contributed by atoms with van der Waals surface area (Å²) in [6, 6.07) is 18.2. The van der Waals surface area contributed by atoms with Gasteiger partial charge in [0.05, 0.1) is 27.7 Å². The van der Waals surface area contributed by atoms with Gasteiger partial charge in [-0.15, -0.1) is 10.2 Å². The number of aromatic nitrogens is 3. The molecular weight excluding hydrogens is 445 g/mol. The second-order valence-electron chi connectivity index (χ2n) is 6.15. The third-order valence-corrected chi connectivity index (χ3v) is 5.74. The van der Waals surface area contributed by atoms with Gasteiger partial charge in [-0.1, -0.05) is 65.3 Å². The number of esters is 1. The van der Waals surface area contributed by atoms with Gasteiger partial charge in [0.15, 0.2) is 10.9 Å². The van der Waals surface area contributed by atoms with Crippen LogP contribution in [-0.2, 0) is 16.1 Å². The van der Waals surface area contributed by atoms with E-state index in [0.29, 0.717) is 32.5 Å². The molecule has 4 aromatic rings. The summed E-state index contributed by atoms with van der Waals surface area (Å²) in [5.41, 5.74) is 1.62. The molecule has 0 fully saturated rings. The molecule has 4 rings (SSSR count). The van der Waals surface area contributed by atoms with E-state index in [2.05, 4.69) is 10.2 Å². The highest BCUT2D eigenvalue weighted by Gasteiger charge is 2.20. The lowest BCUT2D eigenvalue weighted by Crippen LogP contribution is -2.08. The van der Waals surface area contributed by atoms with Crippen molar-refractivity contribution in [1.29, 1.82) is 0 Å². The second kappa shape index (κ2) is 9.38. The molecule has 0 aliphatic heterocycles. The third-order valence-electron chi connectivity index (χ3n) is 4.10. The van der Waals surface area contributed by atoms with E-state index in [4.69, 9.17) is 32.4 Å². The summed E-state index contributed by atoms with van der Waals surface area (Å²) in [5, 5.41) is 9.78. The van der Waals surface area contributed by atoms with Gasteiger partial charge < -0.3 is 9.15 Å². The van der Waals surface area contributed by atoms with Crippen LogP contribution < -0.4 is 0 Å². The largest absolute Gasteiger partial charge is 0.461 e. The van der Waals surface area contributed by atoms with Crippen LogP contribution in [-0.4, -0.2) is 26.5 Å². The van der Waals surface area contributed by atoms with E-state index in [1.54, 1.807) is 41.2 Å². The van der Waals surface area contributed by atoms with Gasteiger partial charge >= 0.3 is 5.97 Å². The van der Waals surface area contributed by atoms with E-state index >= 15 is 0 Å². The Labute approximate surface area is 186 Å². The van der Waals surface area contributed by atoms with Crippen molar-refractivity contribution < 1.29 is 13.9 Å². The molecule has 0 saturated heterocycles. The lowest BCUT2D eigenvalue weighted by Gasteiger charge is -2.10. The predicted octanol–water partition coefficient (Wildman–Crippen LogP) is 5.67. The van der Waals surface area contributed by atoms with Crippen LogP contribution in [0.5, 0.6) is 0 Å². The summed E-state index contributed by atoms with van der Waals surface area (Å²) in [5.74, 6) is 0.738. The fraction of sp³-hybridized carbons (Fsp3) is 0.0952. The molecule has 9 heteroatoms. The molecule has 0 saturated carbocycles. The zero-order valence-electron chi connectivity index (χ0n) is 15.5. The van der Waals surface area contributed by atoms with Crippen molar-refractivity contribution in [1.82, 2.24) is 14.8 Å². The van der Waals surface area contributed by atoms with Crippen LogP contribution in [0.2, 0.25) is 10.0 Å². The molecular formula is C21H15Cl2N3O3S. The van der Waals surface area contributed by atoms with Gasteiger partial charge in [0, 0.05) is 0 Å². The number of halogens is 2. The van der Waals surface area contributed by atoms with E-state index in [1.165, 1.54) is 11.8 Å². The van der Waals surface area contributed by atoms with Gasteiger partial charge in [-0.25, -0.2) is 0 Å². The summed E-state index contributed by atoms with van der Waals surface area (Å²) in [4.78, 5) is 12.2. The molecule has 2 aromatic carbocycles. The molecule has 0 spiro atoms. The maximum atomic E-state index is 12.2. The van der Waals surface area contributed by atoms with Crippen molar-refractivity contribution in [3.8, 4) is 17.3 Å². The molecule has 0 bridgehead atoms. The summed E-state index contributed by atoms with van der Waals surface area (Å²) >= 11 is 13.5. The van der Waals surface area contributed by atoms with E-state index < -0.39 is 0 Å². The molecule has 0 amide bonds. The SMILES string of the molecule is O=C(CSc1nnc(-c2ccco2)n1-c1ccc(Cl)c(Cl)c1)OCc1ccccc1. The van der Waals surface area contributed by atoms with Gasteiger partial charge in [-0.3, -0.25) is 9.36 Å². The monoisotopic (exact) mass is 459 g/mol. The number of nitrogens with zero attached hydrogens (tertiary/aromatic N) is 3. The molecule has 2 aromatic heterocycles. The maximum absolute atomic E-state index is 12.2. The first-order valence-electron chi connectivity index (χ1n) is 8.89. The van der Waals surface area contributed by atoms with E-state index in [1.807, 2.05) is 30.3 Å². The van der Waals surface area contributed by atoms with Crippen LogP contribution in [0.3, 0.4) is 0 Å². The molecule has 0 unspecified atom stereocenters. The number of carbonyl (C=O) groups is 1. The Morgan fingerprint density at radius 1 is 1.03 bits per heavy atom. The lowest BCUT2D eigenvalue weighted by molar-refractivity contribution is -0.141. The number of hydrogen-bond acceptors (Lipinski definition) is 6. The quantitative estimate of drug-likeness (QED) is 0.262. The summed E-state index contributed by atoms with van der Waals surface area (Å²) < 4.78 is 12.6. The molecule has 0 aliphatic carbocycles. The minimum atomic E-state index is -0.355. The molecule has 0 aliphatic rings. The molecule has 30 heavy (non-hydrogen) atoms. The fourth-order valence-electron chi connectivity index (χ4n) is 2.69. The summed E-state index contributed by atoms with van der Waals surface area (Å²) in [6.45, 7) is 0.220. The number of benzene rings is 2. The zero-order valence-corrected chi connectivity index (χ0v) is 17.8. The fourth-order valence-corrected chi connectivity index (χ4v) is 3.73. The highest BCUT2D eigenvalue weighted by Crippen LogP contribution is 2.31. The highest BCUT2D eigenvalue weighted by molar-refractivity contribution is 7.99. The Morgan fingerprint density at radius 2 is 1.87 bits per heavy atom. The molecule has 6 nitrogen and oxygen atoms in total. The molecule has 2 heterocycles. The average Bonchev–Trinajstić information content (AvgIpc) is 3.43. The second-order valence-corrected chi connectivity index (χ2v) is 7.91. The normalized spacial score (nSPS) is 10.9. The van der Waals surface area contributed by atoms with Crippen LogP contribution in [0.4, 0.5) is 0 Å². The molecule has 0 radical (unpaired) electrons. The first kappa shape index (κ1) is 20.5. The van der Waals surface area contributed by atoms with Crippen LogP contribution >= 0.6 is 35.0 Å². The van der Waals surface area contributed by atoms with Crippen molar-refractivity contribution in [2.45, 2.75) is 11.8 Å². The Morgan fingerprint density at radius 3 is 2.60 bits per heavy atom. The number of ether oxygens (including phenoxy) is 1. The van der Waals surface area contributed by atoms with Crippen LogP contribution in [0.25, 0.3) is 17.3 Å². The lowest BCUT2D eigenvalue weighted by atomic mass is 10.2. The topological polar surface area (TPSA) is 70.2 Å². The van der Waals surface area contributed by atoms with Gasteiger partial charge in [-0.05, 0) is 35.9 Å². The van der Waals surface area contributed by atoms with E-state index in [9.17, 15) is 4.79 Å². The van der Waals surface area contributed by atoms with Crippen molar-refractivity contribution in [2.24, 2.45) is 0 Å². The summed E-state index contributed by atoms with van der Waals surface area (Å²) in [7, 11) is 0. The molecule has 152 valence electrons. The van der Waals surface area contributed by atoms with Crippen LogP contribution in [0, 0.1) is 0 Å². The Balaban J connectivity index is 1.54. The van der Waals surface area contributed by atoms with Crippen LogP contribution in [0.1, 0.15) is 5.56 Å². The van der Waals surface area contributed by atoms with Gasteiger partial charge in [0.2, 0.25) is 5.82 Å². The Bertz CT molecular complexity index is 1150. The minimum absolute atomic E-state index is 0.0739. The standard InChI is InChI=1S/C21H15Cl2N3O3S/c22-16-9-8-15(11-17(16)23)26-20(18-7-4-10-28-18)24-25-21(26)30-13-19(27)29-12-14-5-2-1-3-6-14/h1-11H,12-13H2. The Kier molecular flexibility index (Phi) is 6.42. The average molecular weight is 460 g/mol. The van der Waals surface area contributed by atoms with Gasteiger partial charge in [-0.2, -0.15) is 0 Å². The predicted molar refractivity (Wildman–Crippen MR) is 116 cm³/mol. The highest BCUT2D eigenvalue weighted by atomic mass is 35.5. The number of furan rings is 1. The maximum Gasteiger partial charge on any atom is 0.316 e. The van der Waals surface area contributed by atoms with E-state index in [-0.39, 0.29) is 18.3 Å². The number of thioether (sulfide) groups is 1. The Hall–Kier alpha value is -2.74. The van der Waals surface area contributed by atoms with Crippen LogP contribution in [0.15, 0.2) is 76.5 Å².